The molecule has 1 aromatic heterocycles. The molecule has 0 bridgehead atoms. The van der Waals surface area contributed by atoms with E-state index in [-0.39, 0.29) is 11.7 Å². The maximum absolute atomic E-state index is 13.1. The molecule has 3 rings (SSSR count). The maximum Gasteiger partial charge on any atom is 0.313 e. The molecule has 0 unspecified atom stereocenters. The Labute approximate surface area is 170 Å². The van der Waals surface area contributed by atoms with Gasteiger partial charge >= 0.3 is 5.97 Å². The molecule has 0 saturated heterocycles. The van der Waals surface area contributed by atoms with E-state index in [1.54, 1.807) is 19.1 Å². The van der Waals surface area contributed by atoms with Crippen molar-refractivity contribution in [1.29, 1.82) is 5.26 Å². The van der Waals surface area contributed by atoms with Gasteiger partial charge < -0.3 is 15.7 Å². The summed E-state index contributed by atoms with van der Waals surface area (Å²) >= 11 is 2.50. The van der Waals surface area contributed by atoms with Crippen LogP contribution in [0.3, 0.4) is 0 Å². The van der Waals surface area contributed by atoms with Gasteiger partial charge in [0.2, 0.25) is 0 Å². The van der Waals surface area contributed by atoms with Crippen LogP contribution in [0.4, 0.5) is 5.69 Å². The van der Waals surface area contributed by atoms with Crippen molar-refractivity contribution in [3.8, 4) is 6.07 Å². The smallest absolute Gasteiger partial charge is 0.313 e. The average molecular weight is 412 g/mol. The molecule has 0 radical (unpaired) electrons. The number of carbonyl (C=O) groups excluding carboxylic acids is 1. The van der Waals surface area contributed by atoms with Crippen LogP contribution in [0.15, 0.2) is 69.7 Å². The summed E-state index contributed by atoms with van der Waals surface area (Å²) in [4.78, 5) is 24.9. The van der Waals surface area contributed by atoms with Crippen molar-refractivity contribution in [2.45, 2.75) is 12.8 Å². The number of carboxylic acids is 1. The number of anilines is 1. The van der Waals surface area contributed by atoms with Crippen LogP contribution in [-0.2, 0) is 9.59 Å². The third kappa shape index (κ3) is 4.27. The Morgan fingerprint density at radius 2 is 2.04 bits per heavy atom. The molecule has 0 saturated carbocycles. The molecule has 0 fully saturated rings. The lowest BCUT2D eigenvalue weighted by Crippen LogP contribution is -2.30. The van der Waals surface area contributed by atoms with Crippen LogP contribution in [0.1, 0.15) is 17.7 Å². The molecule has 2 aromatic rings. The third-order valence-corrected chi connectivity index (χ3v) is 6.03. The van der Waals surface area contributed by atoms with E-state index in [1.165, 1.54) is 11.3 Å². The first-order valence-corrected chi connectivity index (χ1v) is 10.2. The molecule has 1 aromatic carbocycles. The van der Waals surface area contributed by atoms with Gasteiger partial charge in [0.1, 0.15) is 0 Å². The molecule has 1 atom stereocenters. The van der Waals surface area contributed by atoms with Crippen LogP contribution in [-0.4, -0.2) is 22.7 Å². The molecule has 8 heteroatoms. The van der Waals surface area contributed by atoms with Gasteiger partial charge in [0.25, 0.3) is 5.91 Å². The van der Waals surface area contributed by atoms with Gasteiger partial charge in [-0.05, 0) is 30.5 Å². The SMILES string of the molecule is CC1=C(C(=O)Nc2ccccc2)[C@@H](c2cccs2)C(C#N)=C(SCC(=O)O)N1. The second-order valence-electron chi connectivity index (χ2n) is 5.97. The minimum atomic E-state index is -0.974. The van der Waals surface area contributed by atoms with Gasteiger partial charge in [0.15, 0.2) is 0 Å². The molecule has 3 N–H and O–H groups in total. The van der Waals surface area contributed by atoms with E-state index in [4.69, 9.17) is 5.11 Å². The van der Waals surface area contributed by atoms with Gasteiger partial charge in [-0.15, -0.1) is 11.3 Å². The molecule has 1 amide bonds. The number of para-hydroxylation sites is 1. The van der Waals surface area contributed by atoms with Crippen molar-refractivity contribution < 1.29 is 14.7 Å². The standard InChI is InChI=1S/C20H17N3O3S2/c1-12-17(19(26)23-13-6-3-2-4-7-13)18(15-8-5-9-27-15)14(10-21)20(22-12)28-11-16(24)25/h2-9,18,22H,11H2,1H3,(H,23,26)(H,24,25)/t18-/m1/s1. The number of carboxylic acid groups (broad SMARTS) is 1. The predicted molar refractivity (Wildman–Crippen MR) is 111 cm³/mol. The summed E-state index contributed by atoms with van der Waals surface area (Å²) in [6.07, 6.45) is 0. The minimum Gasteiger partial charge on any atom is -0.481 e. The predicted octanol–water partition coefficient (Wildman–Crippen LogP) is 3.90. The minimum absolute atomic E-state index is 0.177. The largest absolute Gasteiger partial charge is 0.481 e. The van der Waals surface area contributed by atoms with Gasteiger partial charge in [-0.1, -0.05) is 36.0 Å². The summed E-state index contributed by atoms with van der Waals surface area (Å²) in [7, 11) is 0. The highest BCUT2D eigenvalue weighted by Crippen LogP contribution is 2.42. The lowest BCUT2D eigenvalue weighted by molar-refractivity contribution is -0.133. The van der Waals surface area contributed by atoms with Crippen LogP contribution in [0.25, 0.3) is 0 Å². The van der Waals surface area contributed by atoms with Crippen LogP contribution in [0.2, 0.25) is 0 Å². The van der Waals surface area contributed by atoms with Gasteiger partial charge in [-0.25, -0.2) is 0 Å². The van der Waals surface area contributed by atoms with Crippen molar-refractivity contribution in [2.24, 2.45) is 0 Å². The number of rotatable bonds is 6. The second-order valence-corrected chi connectivity index (χ2v) is 7.93. The molecule has 0 aliphatic carbocycles. The zero-order valence-electron chi connectivity index (χ0n) is 14.9. The first kappa shape index (κ1) is 19.7. The van der Waals surface area contributed by atoms with E-state index in [9.17, 15) is 14.9 Å². The van der Waals surface area contributed by atoms with E-state index in [0.717, 1.165) is 16.6 Å². The van der Waals surface area contributed by atoms with E-state index < -0.39 is 11.9 Å². The third-order valence-electron chi connectivity index (χ3n) is 4.09. The molecule has 142 valence electrons. The van der Waals surface area contributed by atoms with Gasteiger partial charge in [0, 0.05) is 21.8 Å². The molecule has 6 nitrogen and oxygen atoms in total. The quantitative estimate of drug-likeness (QED) is 0.666. The normalized spacial score (nSPS) is 16.4. The number of amides is 1. The Morgan fingerprint density at radius 3 is 2.64 bits per heavy atom. The monoisotopic (exact) mass is 411 g/mol. The van der Waals surface area contributed by atoms with E-state index >= 15 is 0 Å². The summed E-state index contributed by atoms with van der Waals surface area (Å²) in [6.45, 7) is 1.76. The lowest BCUT2D eigenvalue weighted by atomic mass is 9.86. The molecule has 28 heavy (non-hydrogen) atoms. The second kappa shape index (κ2) is 8.78. The van der Waals surface area contributed by atoms with Gasteiger partial charge in [-0.3, -0.25) is 9.59 Å². The molecule has 2 heterocycles. The van der Waals surface area contributed by atoms with Crippen molar-refractivity contribution >= 4 is 40.7 Å². The summed E-state index contributed by atoms with van der Waals surface area (Å²) in [5, 5.41) is 27.1. The Balaban J connectivity index is 2.01. The number of nitrogens with zero attached hydrogens (tertiary/aromatic N) is 1. The zero-order chi connectivity index (χ0) is 20.1. The lowest BCUT2D eigenvalue weighted by Gasteiger charge is -2.28. The van der Waals surface area contributed by atoms with Crippen molar-refractivity contribution in [1.82, 2.24) is 5.32 Å². The van der Waals surface area contributed by atoms with Crippen molar-refractivity contribution in [3.63, 3.8) is 0 Å². The number of hydrogen-bond acceptors (Lipinski definition) is 6. The van der Waals surface area contributed by atoms with E-state index in [1.807, 2.05) is 35.7 Å². The first-order chi connectivity index (χ1) is 13.5. The van der Waals surface area contributed by atoms with E-state index in [2.05, 4.69) is 16.7 Å². The number of thiophene rings is 1. The first-order valence-electron chi connectivity index (χ1n) is 8.37. The number of thioether (sulfide) groups is 1. The molecule has 1 aliphatic rings. The summed E-state index contributed by atoms with van der Waals surface area (Å²) in [5.41, 5.74) is 2.05. The van der Waals surface area contributed by atoms with Crippen molar-refractivity contribution in [3.05, 3.63) is 74.6 Å². The topological polar surface area (TPSA) is 102 Å². The number of hydrogen-bond donors (Lipinski definition) is 3. The van der Waals surface area contributed by atoms with Gasteiger partial charge in [0.05, 0.1) is 28.3 Å². The number of nitriles is 1. The number of allylic oxidation sites excluding steroid dienone is 2. The zero-order valence-corrected chi connectivity index (χ0v) is 16.6. The summed E-state index contributed by atoms with van der Waals surface area (Å²) in [5.74, 6) is -2.00. The Kier molecular flexibility index (Phi) is 6.19. The number of aliphatic carboxylic acids is 1. The maximum atomic E-state index is 13.1. The number of benzene rings is 1. The van der Waals surface area contributed by atoms with Crippen LogP contribution in [0, 0.1) is 11.3 Å². The Hall–Kier alpha value is -3.02. The molecular formula is C20H17N3O3S2. The Morgan fingerprint density at radius 1 is 1.29 bits per heavy atom. The number of nitrogens with one attached hydrogen (secondary N) is 2. The average Bonchev–Trinajstić information content (AvgIpc) is 3.20. The summed E-state index contributed by atoms with van der Waals surface area (Å²) in [6, 6.07) is 15.0. The number of carbonyl (C=O) groups is 2. The fraction of sp³-hybridized carbons (Fsp3) is 0.150. The highest BCUT2D eigenvalue weighted by Gasteiger charge is 2.35. The molecular weight excluding hydrogens is 394 g/mol. The van der Waals surface area contributed by atoms with Crippen LogP contribution < -0.4 is 10.6 Å². The Bertz CT molecular complexity index is 989. The highest BCUT2D eigenvalue weighted by atomic mass is 32.2. The van der Waals surface area contributed by atoms with Crippen molar-refractivity contribution in [2.75, 3.05) is 11.1 Å². The summed E-state index contributed by atoms with van der Waals surface area (Å²) < 4.78 is 0. The van der Waals surface area contributed by atoms with Gasteiger partial charge in [-0.2, -0.15) is 5.26 Å². The fourth-order valence-electron chi connectivity index (χ4n) is 2.92. The number of dihydropyridines is 1. The highest BCUT2D eigenvalue weighted by molar-refractivity contribution is 8.03. The molecule has 0 spiro atoms. The van der Waals surface area contributed by atoms with E-state index in [0.29, 0.717) is 27.6 Å². The fourth-order valence-corrected chi connectivity index (χ4v) is 4.58. The molecule has 1 aliphatic heterocycles. The van der Waals surface area contributed by atoms with Crippen LogP contribution >= 0.6 is 23.1 Å². The van der Waals surface area contributed by atoms with Crippen LogP contribution in [0.5, 0.6) is 0 Å².